The van der Waals surface area contributed by atoms with Crippen LogP contribution in [0, 0.1) is 5.92 Å². The minimum Gasteiger partial charge on any atom is -0.353 e. The summed E-state index contributed by atoms with van der Waals surface area (Å²) in [5.74, 6) is 1.17. The molecule has 1 aromatic heterocycles. The molecule has 0 aliphatic heterocycles. The summed E-state index contributed by atoms with van der Waals surface area (Å²) in [5, 5.41) is 3.00. The molecule has 8 heteroatoms. The van der Waals surface area contributed by atoms with E-state index >= 15 is 0 Å². The Morgan fingerprint density at radius 3 is 2.48 bits per heavy atom. The highest BCUT2D eigenvalue weighted by Crippen LogP contribution is 2.22. The summed E-state index contributed by atoms with van der Waals surface area (Å²) in [6.07, 6.45) is 0.859. The highest BCUT2D eigenvalue weighted by molar-refractivity contribution is 7.89. The molecule has 1 amide bonds. The Bertz CT molecular complexity index is 916. The van der Waals surface area contributed by atoms with Crippen molar-refractivity contribution in [1.82, 2.24) is 19.2 Å². The van der Waals surface area contributed by atoms with Crippen LogP contribution < -0.4 is 5.32 Å². The van der Waals surface area contributed by atoms with Gasteiger partial charge in [-0.1, -0.05) is 13.8 Å². The Morgan fingerprint density at radius 1 is 1.26 bits per heavy atom. The second kappa shape index (κ2) is 8.39. The van der Waals surface area contributed by atoms with Gasteiger partial charge in [0, 0.05) is 39.5 Å². The van der Waals surface area contributed by atoms with Gasteiger partial charge in [-0.3, -0.25) is 4.79 Å². The van der Waals surface area contributed by atoms with E-state index in [1.807, 2.05) is 18.4 Å². The van der Waals surface area contributed by atoms with Gasteiger partial charge in [0.05, 0.1) is 15.9 Å². The van der Waals surface area contributed by atoms with Crippen LogP contribution in [0.2, 0.25) is 0 Å². The first kappa shape index (κ1) is 21.4. The third-order valence-corrected chi connectivity index (χ3v) is 6.67. The molecule has 1 aromatic carbocycles. The first-order valence-corrected chi connectivity index (χ1v) is 10.7. The van der Waals surface area contributed by atoms with Gasteiger partial charge in [0.2, 0.25) is 15.9 Å². The Labute approximate surface area is 161 Å². The number of rotatable bonds is 8. The van der Waals surface area contributed by atoms with Gasteiger partial charge in [-0.2, -0.15) is 0 Å². The molecule has 1 atom stereocenters. The van der Waals surface area contributed by atoms with Gasteiger partial charge >= 0.3 is 0 Å². The van der Waals surface area contributed by atoms with Crippen LogP contribution in [0.1, 0.15) is 39.9 Å². The van der Waals surface area contributed by atoms with Gasteiger partial charge in [-0.25, -0.2) is 17.7 Å². The number of carbonyl (C=O) groups excluding carboxylic acids is 1. The maximum atomic E-state index is 12.3. The molecular formula is C19H30N4O3S. The predicted octanol–water partition coefficient (Wildman–Crippen LogP) is 2.40. The Hall–Kier alpha value is -1.93. The molecule has 7 nitrogen and oxygen atoms in total. The number of benzene rings is 1. The molecule has 2 rings (SSSR count). The van der Waals surface area contributed by atoms with Gasteiger partial charge in [-0.05, 0) is 38.0 Å². The van der Waals surface area contributed by atoms with Crippen molar-refractivity contribution >= 4 is 27.0 Å². The van der Waals surface area contributed by atoms with Crippen molar-refractivity contribution in [2.45, 2.75) is 58.0 Å². The minimum absolute atomic E-state index is 0.00165. The monoisotopic (exact) mass is 394 g/mol. The number of hydrogen-bond acceptors (Lipinski definition) is 4. The molecule has 0 bridgehead atoms. The van der Waals surface area contributed by atoms with E-state index in [0.717, 1.165) is 11.3 Å². The number of imidazole rings is 1. The van der Waals surface area contributed by atoms with Gasteiger partial charge < -0.3 is 9.88 Å². The summed E-state index contributed by atoms with van der Waals surface area (Å²) in [6, 6.07) is 5.11. The zero-order valence-corrected chi connectivity index (χ0v) is 17.8. The van der Waals surface area contributed by atoms with E-state index in [1.165, 1.54) is 18.4 Å². The smallest absolute Gasteiger partial charge is 0.242 e. The van der Waals surface area contributed by atoms with Crippen LogP contribution in [0.25, 0.3) is 11.0 Å². The highest BCUT2D eigenvalue weighted by atomic mass is 32.2. The fourth-order valence-electron chi connectivity index (χ4n) is 2.79. The molecule has 0 spiro atoms. The topological polar surface area (TPSA) is 84.3 Å². The van der Waals surface area contributed by atoms with E-state index in [9.17, 15) is 13.2 Å². The predicted molar refractivity (Wildman–Crippen MR) is 107 cm³/mol. The molecule has 0 saturated carbocycles. The third-order valence-electron chi connectivity index (χ3n) is 4.86. The molecule has 2 aromatic rings. The van der Waals surface area contributed by atoms with E-state index < -0.39 is 10.0 Å². The molecule has 0 radical (unpaired) electrons. The van der Waals surface area contributed by atoms with Gasteiger partial charge in [0.25, 0.3) is 0 Å². The largest absolute Gasteiger partial charge is 0.353 e. The minimum atomic E-state index is -3.51. The zero-order valence-electron chi connectivity index (χ0n) is 17.0. The number of amides is 1. The third kappa shape index (κ3) is 4.68. The van der Waals surface area contributed by atoms with Crippen LogP contribution in [-0.4, -0.2) is 48.3 Å². The lowest BCUT2D eigenvalue weighted by atomic mass is 10.1. The molecule has 0 unspecified atom stereocenters. The van der Waals surface area contributed by atoms with Crippen LogP contribution in [0.15, 0.2) is 23.1 Å². The SMILES string of the molecule is CCn1c(CCC(=O)N[C@H](C)C(C)C)nc2cc(S(=O)(=O)N(C)C)ccc21. The number of fused-ring (bicyclic) bond motifs is 1. The standard InChI is InChI=1S/C19H30N4O3S/c1-7-23-17-9-8-15(27(25,26)22(5)6)12-16(17)21-18(23)10-11-19(24)20-14(4)13(2)3/h8-9,12-14H,7,10-11H2,1-6H3,(H,20,24)/t14-/m1/s1. The Balaban J connectivity index is 2.26. The van der Waals surface area contributed by atoms with Gasteiger partial charge in [-0.15, -0.1) is 0 Å². The van der Waals surface area contributed by atoms with Crippen LogP contribution in [0.5, 0.6) is 0 Å². The molecule has 150 valence electrons. The van der Waals surface area contributed by atoms with Crippen molar-refractivity contribution < 1.29 is 13.2 Å². The fraction of sp³-hybridized carbons (Fsp3) is 0.579. The normalized spacial score (nSPS) is 13.5. The molecule has 0 aliphatic carbocycles. The summed E-state index contributed by atoms with van der Waals surface area (Å²) < 4.78 is 27.9. The number of hydrogen-bond donors (Lipinski definition) is 1. The van der Waals surface area contributed by atoms with E-state index in [0.29, 0.717) is 30.8 Å². The van der Waals surface area contributed by atoms with Crippen LogP contribution >= 0.6 is 0 Å². The summed E-state index contributed by atoms with van der Waals surface area (Å²) in [4.78, 5) is 17.0. The lowest BCUT2D eigenvalue weighted by molar-refractivity contribution is -0.121. The molecular weight excluding hydrogens is 364 g/mol. The van der Waals surface area contributed by atoms with Gasteiger partial charge in [0.15, 0.2) is 0 Å². The molecule has 0 saturated heterocycles. The maximum absolute atomic E-state index is 12.3. The second-order valence-electron chi connectivity index (χ2n) is 7.31. The molecule has 27 heavy (non-hydrogen) atoms. The first-order chi connectivity index (χ1) is 12.6. The molecule has 0 fully saturated rings. The van der Waals surface area contributed by atoms with Crippen LogP contribution in [-0.2, 0) is 27.8 Å². The van der Waals surface area contributed by atoms with E-state index in [2.05, 4.69) is 24.1 Å². The molecule has 1 heterocycles. The number of carbonyl (C=O) groups is 1. The summed E-state index contributed by atoms with van der Waals surface area (Å²) >= 11 is 0. The van der Waals surface area contributed by atoms with Crippen molar-refractivity contribution in [3.05, 3.63) is 24.0 Å². The van der Waals surface area contributed by atoms with Crippen molar-refractivity contribution in [3.63, 3.8) is 0 Å². The zero-order chi connectivity index (χ0) is 20.4. The van der Waals surface area contributed by atoms with E-state index in [-0.39, 0.29) is 16.8 Å². The lowest BCUT2D eigenvalue weighted by Gasteiger charge is -2.17. The summed E-state index contributed by atoms with van der Waals surface area (Å²) in [6.45, 7) is 8.85. The number of nitrogens with zero attached hydrogens (tertiary/aromatic N) is 3. The average molecular weight is 395 g/mol. The second-order valence-corrected chi connectivity index (χ2v) is 9.46. The number of aromatic nitrogens is 2. The highest BCUT2D eigenvalue weighted by Gasteiger charge is 2.20. The summed E-state index contributed by atoms with van der Waals surface area (Å²) in [7, 11) is -0.493. The van der Waals surface area contributed by atoms with Gasteiger partial charge in [0.1, 0.15) is 5.82 Å². The fourth-order valence-corrected chi connectivity index (χ4v) is 3.71. The molecule has 1 N–H and O–H groups in total. The van der Waals surface area contributed by atoms with Crippen molar-refractivity contribution in [2.24, 2.45) is 5.92 Å². The number of sulfonamides is 1. The van der Waals surface area contributed by atoms with Crippen LogP contribution in [0.3, 0.4) is 0 Å². The Kier molecular flexibility index (Phi) is 6.64. The Morgan fingerprint density at radius 2 is 1.93 bits per heavy atom. The van der Waals surface area contributed by atoms with E-state index in [4.69, 9.17) is 0 Å². The maximum Gasteiger partial charge on any atom is 0.242 e. The lowest BCUT2D eigenvalue weighted by Crippen LogP contribution is -2.36. The average Bonchev–Trinajstić information content (AvgIpc) is 2.96. The number of nitrogens with one attached hydrogen (secondary N) is 1. The van der Waals surface area contributed by atoms with Crippen LogP contribution in [0.4, 0.5) is 0 Å². The first-order valence-electron chi connectivity index (χ1n) is 9.29. The summed E-state index contributed by atoms with van der Waals surface area (Å²) in [5.41, 5.74) is 1.51. The quantitative estimate of drug-likeness (QED) is 0.745. The van der Waals surface area contributed by atoms with Crippen molar-refractivity contribution in [3.8, 4) is 0 Å². The van der Waals surface area contributed by atoms with Crippen molar-refractivity contribution in [2.75, 3.05) is 14.1 Å². The molecule has 0 aliphatic rings. The van der Waals surface area contributed by atoms with E-state index in [1.54, 1.807) is 18.2 Å². The number of aryl methyl sites for hydroxylation is 2. The van der Waals surface area contributed by atoms with Crippen molar-refractivity contribution in [1.29, 1.82) is 0 Å².